The zero-order valence-electron chi connectivity index (χ0n) is 10.8. The maximum atomic E-state index is 5.53. The molecule has 0 bridgehead atoms. The molecular weight excluding hydrogens is 240 g/mol. The zero-order chi connectivity index (χ0) is 13.7. The zero-order valence-corrected chi connectivity index (χ0v) is 10.8. The van der Waals surface area contributed by atoms with Crippen molar-refractivity contribution in [1.82, 2.24) is 0 Å². The van der Waals surface area contributed by atoms with Gasteiger partial charge in [0.1, 0.15) is 0 Å². The molecule has 0 saturated carbocycles. The molecule has 1 aliphatic carbocycles. The molecule has 0 radical (unpaired) electrons. The van der Waals surface area contributed by atoms with Crippen LogP contribution >= 0.6 is 0 Å². The van der Waals surface area contributed by atoms with Crippen molar-refractivity contribution in [2.75, 3.05) is 0 Å². The van der Waals surface area contributed by atoms with E-state index in [1.807, 2.05) is 12.1 Å². The average molecular weight is 250 g/mol. The van der Waals surface area contributed by atoms with Crippen molar-refractivity contribution in [2.45, 2.75) is 0 Å². The Morgan fingerprint density at radius 1 is 0.600 bits per heavy atom. The summed E-state index contributed by atoms with van der Waals surface area (Å²) < 4.78 is 0. The molecule has 0 nitrogen and oxygen atoms in total. The summed E-state index contributed by atoms with van der Waals surface area (Å²) in [6.07, 6.45) is 11.1. The third kappa shape index (κ3) is 1.28. The molecule has 0 unspecified atom stereocenters. The van der Waals surface area contributed by atoms with E-state index in [9.17, 15) is 0 Å². The Bertz CT molecular complexity index is 880. The fourth-order valence-electron chi connectivity index (χ4n) is 2.91. The van der Waals surface area contributed by atoms with E-state index < -0.39 is 0 Å². The Morgan fingerprint density at radius 3 is 1.40 bits per heavy atom. The van der Waals surface area contributed by atoms with Crippen LogP contribution in [0.25, 0.3) is 33.0 Å². The highest BCUT2D eigenvalue weighted by molar-refractivity contribution is 6.08. The maximum Gasteiger partial charge on any atom is 0.0405 e. The van der Waals surface area contributed by atoms with Crippen LogP contribution in [0, 0.1) is 24.7 Å². The molecular formula is C20H10. The van der Waals surface area contributed by atoms with Crippen molar-refractivity contribution in [3.63, 3.8) is 0 Å². The van der Waals surface area contributed by atoms with Crippen LogP contribution in [-0.4, -0.2) is 0 Å². The van der Waals surface area contributed by atoms with Gasteiger partial charge in [-0.05, 0) is 57.3 Å². The van der Waals surface area contributed by atoms with Gasteiger partial charge in [0.25, 0.3) is 0 Å². The fourth-order valence-corrected chi connectivity index (χ4v) is 2.91. The van der Waals surface area contributed by atoms with Gasteiger partial charge in [0.15, 0.2) is 0 Å². The third-order valence-electron chi connectivity index (χ3n) is 3.93. The second kappa shape index (κ2) is 3.77. The maximum absolute atomic E-state index is 5.53. The van der Waals surface area contributed by atoms with Gasteiger partial charge in [-0.3, -0.25) is 0 Å². The lowest BCUT2D eigenvalue weighted by molar-refractivity contribution is 1.50. The lowest BCUT2D eigenvalue weighted by atomic mass is 9.77. The summed E-state index contributed by atoms with van der Waals surface area (Å²) in [4.78, 5) is 0. The highest BCUT2D eigenvalue weighted by atomic mass is 14.3. The summed E-state index contributed by atoms with van der Waals surface area (Å²) >= 11 is 0. The second-order valence-electron chi connectivity index (χ2n) is 4.98. The monoisotopic (exact) mass is 250 g/mol. The van der Waals surface area contributed by atoms with Gasteiger partial charge in [-0.15, -0.1) is 12.8 Å². The topological polar surface area (TPSA) is 0 Å². The molecule has 1 aliphatic rings. The Morgan fingerprint density at radius 2 is 1.00 bits per heavy atom. The molecule has 3 aromatic rings. The van der Waals surface area contributed by atoms with Crippen LogP contribution in [0.15, 0.2) is 48.5 Å². The van der Waals surface area contributed by atoms with E-state index in [0.717, 1.165) is 11.1 Å². The summed E-state index contributed by atoms with van der Waals surface area (Å²) in [5.41, 5.74) is 6.53. The molecule has 0 spiro atoms. The first-order valence-corrected chi connectivity index (χ1v) is 6.46. The Balaban J connectivity index is 2.02. The van der Waals surface area contributed by atoms with Crippen molar-refractivity contribution in [3.8, 4) is 46.9 Å². The van der Waals surface area contributed by atoms with E-state index in [2.05, 4.69) is 48.2 Å². The van der Waals surface area contributed by atoms with E-state index in [1.165, 1.54) is 33.0 Å². The van der Waals surface area contributed by atoms with Gasteiger partial charge in [-0.1, -0.05) is 36.1 Å². The number of terminal acetylenes is 2. The van der Waals surface area contributed by atoms with Gasteiger partial charge in [-0.2, -0.15) is 0 Å². The molecule has 0 amide bonds. The van der Waals surface area contributed by atoms with Crippen LogP contribution in [0.1, 0.15) is 11.1 Å². The SMILES string of the molecule is C#Cc1cc2c(cc1C#C)-c1cc3ccccc3cc1-2. The van der Waals surface area contributed by atoms with Gasteiger partial charge in [-0.25, -0.2) is 0 Å². The van der Waals surface area contributed by atoms with Crippen molar-refractivity contribution >= 4 is 10.8 Å². The van der Waals surface area contributed by atoms with Crippen molar-refractivity contribution in [1.29, 1.82) is 0 Å². The molecule has 0 N–H and O–H groups in total. The van der Waals surface area contributed by atoms with Crippen LogP contribution in [0.5, 0.6) is 0 Å². The predicted molar refractivity (Wildman–Crippen MR) is 84.2 cm³/mol. The van der Waals surface area contributed by atoms with Crippen LogP contribution < -0.4 is 0 Å². The summed E-state index contributed by atoms with van der Waals surface area (Å²) in [6.45, 7) is 0. The predicted octanol–water partition coefficient (Wildman–Crippen LogP) is 4.45. The average Bonchev–Trinajstić information content (AvgIpc) is 2.51. The fraction of sp³-hybridized carbons (Fsp3) is 0. The van der Waals surface area contributed by atoms with E-state index in [1.54, 1.807) is 0 Å². The number of hydrogen-bond donors (Lipinski definition) is 0. The minimum atomic E-state index is 0.796. The largest absolute Gasteiger partial charge is 0.115 e. The van der Waals surface area contributed by atoms with Gasteiger partial charge < -0.3 is 0 Å². The normalized spacial score (nSPS) is 10.9. The standard InChI is InChI=1S/C20H10/c1-3-13-9-17-18(10-14(13)4-2)20-12-16-8-6-5-7-15(16)11-19(17)20/h1-2,5-12H. The molecule has 3 aromatic carbocycles. The van der Waals surface area contributed by atoms with Crippen molar-refractivity contribution in [3.05, 3.63) is 59.7 Å². The number of benzene rings is 3. The Labute approximate surface area is 118 Å². The highest BCUT2D eigenvalue weighted by Gasteiger charge is 2.24. The van der Waals surface area contributed by atoms with E-state index in [-0.39, 0.29) is 0 Å². The van der Waals surface area contributed by atoms with E-state index in [4.69, 9.17) is 12.8 Å². The molecule has 0 saturated heterocycles. The van der Waals surface area contributed by atoms with Gasteiger partial charge in [0, 0.05) is 11.1 Å². The van der Waals surface area contributed by atoms with Gasteiger partial charge in [0.2, 0.25) is 0 Å². The molecule has 0 heterocycles. The lowest BCUT2D eigenvalue weighted by Crippen LogP contribution is -2.01. The summed E-state index contributed by atoms with van der Waals surface area (Å²) in [5, 5.41) is 2.50. The van der Waals surface area contributed by atoms with Gasteiger partial charge >= 0.3 is 0 Å². The van der Waals surface area contributed by atoms with Crippen molar-refractivity contribution < 1.29 is 0 Å². The summed E-state index contributed by atoms with van der Waals surface area (Å²) in [7, 11) is 0. The number of fused-ring (bicyclic) bond motifs is 5. The molecule has 90 valence electrons. The minimum absolute atomic E-state index is 0.796. The van der Waals surface area contributed by atoms with Crippen LogP contribution in [0.2, 0.25) is 0 Å². The molecule has 4 rings (SSSR count). The molecule has 0 heteroatoms. The van der Waals surface area contributed by atoms with Crippen LogP contribution in [-0.2, 0) is 0 Å². The molecule has 0 atom stereocenters. The Hall–Kier alpha value is -2.96. The number of hydrogen-bond acceptors (Lipinski definition) is 0. The summed E-state index contributed by atoms with van der Waals surface area (Å²) in [5.74, 6) is 5.35. The lowest BCUT2D eigenvalue weighted by Gasteiger charge is -2.25. The van der Waals surface area contributed by atoms with E-state index >= 15 is 0 Å². The van der Waals surface area contributed by atoms with Crippen molar-refractivity contribution in [2.24, 2.45) is 0 Å². The van der Waals surface area contributed by atoms with E-state index in [0.29, 0.717) is 0 Å². The second-order valence-corrected chi connectivity index (χ2v) is 4.98. The molecule has 20 heavy (non-hydrogen) atoms. The highest BCUT2D eigenvalue weighted by Crippen LogP contribution is 2.49. The first-order chi connectivity index (χ1) is 9.81. The smallest absolute Gasteiger partial charge is 0.0405 e. The minimum Gasteiger partial charge on any atom is -0.115 e. The molecule has 0 fully saturated rings. The first kappa shape index (κ1) is 10.9. The van der Waals surface area contributed by atoms with Gasteiger partial charge in [0.05, 0.1) is 0 Å². The molecule has 0 aromatic heterocycles. The quantitative estimate of drug-likeness (QED) is 0.404. The van der Waals surface area contributed by atoms with Crippen LogP contribution in [0.3, 0.4) is 0 Å². The summed E-state index contributed by atoms with van der Waals surface area (Å²) in [6, 6.07) is 16.9. The number of rotatable bonds is 0. The third-order valence-corrected chi connectivity index (χ3v) is 3.93. The first-order valence-electron chi connectivity index (χ1n) is 6.46. The van der Waals surface area contributed by atoms with Crippen LogP contribution in [0.4, 0.5) is 0 Å². The molecule has 0 aliphatic heterocycles. The Kier molecular flexibility index (Phi) is 2.06.